The number of Topliss-reactive ketones (excluding diaryl/α,β-unsaturated/α-hetero) is 1. The first-order valence-corrected chi connectivity index (χ1v) is 9.18. The van der Waals surface area contributed by atoms with Crippen LogP contribution in [0.2, 0.25) is 0 Å². The van der Waals surface area contributed by atoms with Crippen molar-refractivity contribution in [2.45, 2.75) is 72.3 Å². The molecule has 0 bridgehead atoms. The molecule has 130 valence electrons. The van der Waals surface area contributed by atoms with Crippen LogP contribution in [0.25, 0.3) is 0 Å². The molecule has 3 nitrogen and oxygen atoms in total. The van der Waals surface area contributed by atoms with Gasteiger partial charge in [-0.15, -0.1) is 0 Å². The van der Waals surface area contributed by atoms with E-state index in [9.17, 15) is 15.0 Å². The number of hydrogen-bond donors (Lipinski definition) is 2. The maximum atomic E-state index is 12.4. The van der Waals surface area contributed by atoms with Crippen LogP contribution in [0.15, 0.2) is 11.6 Å². The number of ketones is 1. The number of aliphatic hydroxyl groups is 2. The number of carbonyl (C=O) groups is 1. The van der Waals surface area contributed by atoms with Crippen LogP contribution in [0, 0.1) is 28.1 Å². The van der Waals surface area contributed by atoms with Crippen LogP contribution >= 0.6 is 0 Å². The monoisotopic (exact) mass is 320 g/mol. The summed E-state index contributed by atoms with van der Waals surface area (Å²) in [6, 6.07) is 0. The summed E-state index contributed by atoms with van der Waals surface area (Å²) < 4.78 is 0. The summed E-state index contributed by atoms with van der Waals surface area (Å²) in [4.78, 5) is 12.4. The molecule has 3 rings (SSSR count). The summed E-state index contributed by atoms with van der Waals surface area (Å²) in [5, 5.41) is 19.6. The number of hydrogen-bond acceptors (Lipinski definition) is 3. The van der Waals surface area contributed by atoms with Gasteiger partial charge in [-0.3, -0.25) is 4.79 Å². The maximum Gasteiger partial charge on any atom is 0.138 e. The zero-order chi connectivity index (χ0) is 17.0. The first kappa shape index (κ1) is 17.2. The van der Waals surface area contributed by atoms with Gasteiger partial charge in [0.05, 0.1) is 12.7 Å². The minimum atomic E-state index is -0.643. The Labute approximate surface area is 140 Å². The zero-order valence-corrected chi connectivity index (χ0v) is 15.1. The number of fused-ring (bicyclic) bond motifs is 3. The fourth-order valence-electron chi connectivity index (χ4n) is 5.97. The molecule has 3 aliphatic carbocycles. The Balaban J connectivity index is 1.94. The Morgan fingerprint density at radius 3 is 2.61 bits per heavy atom. The van der Waals surface area contributed by atoms with Crippen molar-refractivity contribution in [2.75, 3.05) is 6.61 Å². The average molecular weight is 320 g/mol. The van der Waals surface area contributed by atoms with Gasteiger partial charge in [0.25, 0.3) is 0 Å². The normalized spacial score (nSPS) is 44.1. The molecule has 0 radical (unpaired) electrons. The van der Waals surface area contributed by atoms with Crippen LogP contribution in [-0.2, 0) is 4.79 Å². The topological polar surface area (TPSA) is 57.5 Å². The second kappa shape index (κ2) is 5.42. The minimum absolute atomic E-state index is 0.131. The van der Waals surface area contributed by atoms with Crippen molar-refractivity contribution < 1.29 is 15.0 Å². The van der Waals surface area contributed by atoms with Crippen molar-refractivity contribution in [3.05, 3.63) is 11.6 Å². The Morgan fingerprint density at radius 1 is 1.26 bits per heavy atom. The van der Waals surface area contributed by atoms with Crippen LogP contribution in [0.3, 0.4) is 0 Å². The second-order valence-corrected chi connectivity index (χ2v) is 9.31. The lowest BCUT2D eigenvalue weighted by molar-refractivity contribution is -0.141. The first-order valence-electron chi connectivity index (χ1n) is 9.18. The number of rotatable bonds is 2. The van der Waals surface area contributed by atoms with Crippen molar-refractivity contribution in [2.24, 2.45) is 28.1 Å². The van der Waals surface area contributed by atoms with Gasteiger partial charge in [0.2, 0.25) is 0 Å². The third kappa shape index (κ3) is 2.42. The van der Waals surface area contributed by atoms with E-state index in [0.29, 0.717) is 24.0 Å². The molecule has 2 saturated carbocycles. The van der Waals surface area contributed by atoms with Crippen molar-refractivity contribution in [3.63, 3.8) is 0 Å². The van der Waals surface area contributed by atoms with E-state index in [1.54, 1.807) is 0 Å². The quantitative estimate of drug-likeness (QED) is 0.766. The molecule has 2 fully saturated rings. The molecule has 0 aromatic heterocycles. The van der Waals surface area contributed by atoms with Crippen LogP contribution in [0.4, 0.5) is 0 Å². The van der Waals surface area contributed by atoms with Crippen molar-refractivity contribution in [3.8, 4) is 0 Å². The van der Waals surface area contributed by atoms with E-state index in [0.717, 1.165) is 32.1 Å². The molecule has 0 aromatic rings. The van der Waals surface area contributed by atoms with E-state index < -0.39 is 6.10 Å². The molecule has 0 aromatic carbocycles. The highest BCUT2D eigenvalue weighted by molar-refractivity contribution is 5.85. The predicted octanol–water partition coefficient (Wildman–Crippen LogP) is 3.49. The summed E-state index contributed by atoms with van der Waals surface area (Å²) in [7, 11) is 0. The molecule has 0 heterocycles. The summed E-state index contributed by atoms with van der Waals surface area (Å²) in [5.41, 5.74) is 1.24. The van der Waals surface area contributed by atoms with E-state index in [4.69, 9.17) is 0 Å². The van der Waals surface area contributed by atoms with E-state index in [-0.39, 0.29) is 22.9 Å². The van der Waals surface area contributed by atoms with Gasteiger partial charge in [-0.05, 0) is 54.8 Å². The predicted molar refractivity (Wildman–Crippen MR) is 90.9 cm³/mol. The van der Waals surface area contributed by atoms with Gasteiger partial charge >= 0.3 is 0 Å². The molecule has 0 aliphatic heterocycles. The third-order valence-electron chi connectivity index (χ3n) is 7.61. The third-order valence-corrected chi connectivity index (χ3v) is 7.61. The van der Waals surface area contributed by atoms with Crippen LogP contribution < -0.4 is 0 Å². The number of carbonyl (C=O) groups excluding carboxylic acids is 1. The van der Waals surface area contributed by atoms with E-state index in [1.807, 2.05) is 0 Å². The average Bonchev–Trinajstić information content (AvgIpc) is 2.50. The highest BCUT2D eigenvalue weighted by Crippen LogP contribution is 2.62. The van der Waals surface area contributed by atoms with Gasteiger partial charge in [0, 0.05) is 11.8 Å². The zero-order valence-electron chi connectivity index (χ0n) is 15.1. The van der Waals surface area contributed by atoms with Crippen molar-refractivity contribution in [1.82, 2.24) is 0 Å². The first-order chi connectivity index (χ1) is 10.6. The number of aliphatic hydroxyl groups excluding tert-OH is 2. The van der Waals surface area contributed by atoms with Gasteiger partial charge < -0.3 is 10.2 Å². The Bertz CT molecular complexity index is 535. The molecule has 3 heteroatoms. The van der Waals surface area contributed by atoms with Gasteiger partial charge in [-0.1, -0.05) is 39.3 Å². The Hall–Kier alpha value is -0.670. The molecular formula is C20H32O3. The van der Waals surface area contributed by atoms with Gasteiger partial charge in [-0.2, -0.15) is 0 Å². The maximum absolute atomic E-state index is 12.4. The minimum Gasteiger partial charge on any atom is -0.394 e. The molecule has 5 atom stereocenters. The van der Waals surface area contributed by atoms with Crippen LogP contribution in [0.5, 0.6) is 0 Å². The lowest BCUT2D eigenvalue weighted by Gasteiger charge is -2.58. The Morgan fingerprint density at radius 2 is 1.96 bits per heavy atom. The summed E-state index contributed by atoms with van der Waals surface area (Å²) in [5.74, 6) is 1.36. The SMILES string of the molecule is CC1(C)C(=O)CC[C@]2(C)C3=CC[C@](C)([C@@H](O)CO)CC3CCC12. The fourth-order valence-corrected chi connectivity index (χ4v) is 5.97. The second-order valence-electron chi connectivity index (χ2n) is 9.31. The fraction of sp³-hybridized carbons (Fsp3) is 0.850. The van der Waals surface area contributed by atoms with Gasteiger partial charge in [0.15, 0.2) is 0 Å². The van der Waals surface area contributed by atoms with Crippen LogP contribution in [-0.4, -0.2) is 28.7 Å². The van der Waals surface area contributed by atoms with E-state index in [1.165, 1.54) is 5.57 Å². The summed E-state index contributed by atoms with van der Waals surface area (Å²) >= 11 is 0. The van der Waals surface area contributed by atoms with E-state index >= 15 is 0 Å². The molecular weight excluding hydrogens is 288 g/mol. The molecule has 0 amide bonds. The van der Waals surface area contributed by atoms with Gasteiger partial charge in [0.1, 0.15) is 5.78 Å². The molecule has 3 aliphatic rings. The molecule has 2 unspecified atom stereocenters. The standard InChI is InChI=1S/C20H32O3/c1-18(2)15-6-5-13-11-19(3,17(23)12-21)9-7-14(13)20(15,4)10-8-16(18)22/h7,13,15,17,21,23H,5-6,8-12H2,1-4H3/t13?,15?,17-,19-,20+/m0/s1. The number of allylic oxidation sites excluding steroid dienone is 2. The largest absolute Gasteiger partial charge is 0.394 e. The Kier molecular flexibility index (Phi) is 4.04. The van der Waals surface area contributed by atoms with Crippen molar-refractivity contribution in [1.29, 1.82) is 0 Å². The molecule has 0 saturated heterocycles. The lowest BCUT2D eigenvalue weighted by Crippen LogP contribution is -2.53. The van der Waals surface area contributed by atoms with Gasteiger partial charge in [-0.25, -0.2) is 0 Å². The highest BCUT2D eigenvalue weighted by atomic mass is 16.3. The van der Waals surface area contributed by atoms with Crippen LogP contribution in [0.1, 0.15) is 66.2 Å². The smallest absolute Gasteiger partial charge is 0.138 e. The van der Waals surface area contributed by atoms with E-state index in [2.05, 4.69) is 33.8 Å². The summed E-state index contributed by atoms with van der Waals surface area (Å²) in [6.45, 7) is 8.59. The lowest BCUT2D eigenvalue weighted by atomic mass is 9.46. The highest BCUT2D eigenvalue weighted by Gasteiger charge is 2.56. The summed E-state index contributed by atoms with van der Waals surface area (Å²) in [6.07, 6.45) is 7.37. The molecule has 2 N–H and O–H groups in total. The van der Waals surface area contributed by atoms with Crippen molar-refractivity contribution >= 4 is 5.78 Å². The molecule has 0 spiro atoms. The molecule has 23 heavy (non-hydrogen) atoms.